The van der Waals surface area contributed by atoms with Gasteiger partial charge in [-0.15, -0.1) is 0 Å². The molecule has 5 nitrogen and oxygen atoms in total. The molecule has 0 aliphatic heterocycles. The highest BCUT2D eigenvalue weighted by atomic mass is 32.2. The maximum absolute atomic E-state index is 11.5. The van der Waals surface area contributed by atoms with Crippen LogP contribution in [0.1, 0.15) is 18.9 Å². The van der Waals surface area contributed by atoms with E-state index >= 15 is 0 Å². The fraction of sp³-hybridized carbons (Fsp3) is 0.417. The minimum atomic E-state index is -3.69. The molecular weight excluding hydrogens is 256 g/mol. The summed E-state index contributed by atoms with van der Waals surface area (Å²) < 4.78 is 21.3. The van der Waals surface area contributed by atoms with Gasteiger partial charge >= 0.3 is 5.97 Å². The van der Waals surface area contributed by atoms with Crippen molar-refractivity contribution >= 4 is 15.8 Å². The topological polar surface area (TPSA) is 91.7 Å². The summed E-state index contributed by atoms with van der Waals surface area (Å²) in [6.45, 7) is 1.21. The number of aryl methyl sites for hydroxylation is 1. The first-order valence-corrected chi connectivity index (χ1v) is 7.27. The normalized spacial score (nSPS) is 15.0. The van der Waals surface area contributed by atoms with Crippen LogP contribution in [0.3, 0.4) is 0 Å². The first-order chi connectivity index (χ1) is 8.17. The standard InChI is InChI=1S/C12H16O5S/c1-12(11(14)15,18(2,16)17)8-7-9-3-5-10(13)6-4-9/h3-6,13H,7-8H2,1-2H3,(H,14,15). The second-order valence-electron chi connectivity index (χ2n) is 4.47. The molecule has 1 aromatic carbocycles. The van der Waals surface area contributed by atoms with Crippen LogP contribution in [0.25, 0.3) is 0 Å². The lowest BCUT2D eigenvalue weighted by molar-refractivity contribution is -0.139. The Morgan fingerprint density at radius 1 is 1.28 bits per heavy atom. The zero-order chi connectivity index (χ0) is 14.0. The first-order valence-electron chi connectivity index (χ1n) is 5.38. The molecule has 0 aliphatic carbocycles. The van der Waals surface area contributed by atoms with E-state index < -0.39 is 20.6 Å². The largest absolute Gasteiger partial charge is 0.508 e. The summed E-state index contributed by atoms with van der Waals surface area (Å²) in [5.74, 6) is -1.23. The molecule has 0 spiro atoms. The van der Waals surface area contributed by atoms with Crippen molar-refractivity contribution in [3.8, 4) is 5.75 Å². The lowest BCUT2D eigenvalue weighted by Crippen LogP contribution is -2.43. The van der Waals surface area contributed by atoms with Gasteiger partial charge in [-0.05, 0) is 37.5 Å². The van der Waals surface area contributed by atoms with E-state index in [4.69, 9.17) is 10.2 Å². The molecule has 0 amide bonds. The van der Waals surface area contributed by atoms with Gasteiger partial charge in [0.05, 0.1) is 0 Å². The van der Waals surface area contributed by atoms with Crippen LogP contribution in [-0.2, 0) is 21.1 Å². The fourth-order valence-electron chi connectivity index (χ4n) is 1.50. The first kappa shape index (κ1) is 14.5. The predicted octanol–water partition coefficient (Wildman–Crippen LogP) is 1.21. The Labute approximate surface area is 106 Å². The van der Waals surface area contributed by atoms with E-state index in [0.29, 0.717) is 6.42 Å². The van der Waals surface area contributed by atoms with E-state index in [9.17, 15) is 13.2 Å². The van der Waals surface area contributed by atoms with Gasteiger partial charge in [0.25, 0.3) is 0 Å². The molecule has 6 heteroatoms. The smallest absolute Gasteiger partial charge is 0.324 e. The minimum absolute atomic E-state index is 0.00799. The molecule has 0 saturated carbocycles. The molecule has 1 unspecified atom stereocenters. The molecule has 1 aromatic rings. The molecule has 0 aliphatic rings. The fourth-order valence-corrected chi connectivity index (χ4v) is 2.29. The van der Waals surface area contributed by atoms with Crippen LogP contribution in [0.2, 0.25) is 0 Å². The Kier molecular flexibility index (Phi) is 4.01. The van der Waals surface area contributed by atoms with Gasteiger partial charge in [0.2, 0.25) is 0 Å². The average Bonchev–Trinajstić information content (AvgIpc) is 2.26. The van der Waals surface area contributed by atoms with Crippen molar-refractivity contribution in [2.24, 2.45) is 0 Å². The van der Waals surface area contributed by atoms with E-state index in [1.54, 1.807) is 12.1 Å². The SMILES string of the molecule is CC(CCc1ccc(O)cc1)(C(=O)O)S(C)(=O)=O. The summed E-state index contributed by atoms with van der Waals surface area (Å²) in [7, 11) is -3.69. The highest BCUT2D eigenvalue weighted by Crippen LogP contribution is 2.24. The molecule has 18 heavy (non-hydrogen) atoms. The molecular formula is C12H16O5S. The molecule has 100 valence electrons. The molecule has 1 atom stereocenters. The number of benzene rings is 1. The van der Waals surface area contributed by atoms with E-state index in [-0.39, 0.29) is 12.2 Å². The Balaban J connectivity index is 2.88. The number of carboxylic acid groups (broad SMARTS) is 1. The maximum Gasteiger partial charge on any atom is 0.324 e. The van der Waals surface area contributed by atoms with Crippen molar-refractivity contribution in [3.05, 3.63) is 29.8 Å². The molecule has 0 bridgehead atoms. The van der Waals surface area contributed by atoms with Gasteiger partial charge in [-0.1, -0.05) is 12.1 Å². The quantitative estimate of drug-likeness (QED) is 0.840. The van der Waals surface area contributed by atoms with Crippen LogP contribution in [0.4, 0.5) is 0 Å². The van der Waals surface area contributed by atoms with Gasteiger partial charge < -0.3 is 10.2 Å². The van der Waals surface area contributed by atoms with Crippen LogP contribution in [0.15, 0.2) is 24.3 Å². The molecule has 1 rings (SSSR count). The van der Waals surface area contributed by atoms with E-state index in [0.717, 1.165) is 11.8 Å². The molecule has 0 saturated heterocycles. The van der Waals surface area contributed by atoms with Gasteiger partial charge in [0.15, 0.2) is 14.6 Å². The van der Waals surface area contributed by atoms with Crippen molar-refractivity contribution in [2.45, 2.75) is 24.5 Å². The third-order valence-corrected chi connectivity index (χ3v) is 5.11. The number of rotatable bonds is 5. The highest BCUT2D eigenvalue weighted by Gasteiger charge is 2.43. The van der Waals surface area contributed by atoms with Crippen LogP contribution >= 0.6 is 0 Å². The molecule has 0 heterocycles. The number of phenols is 1. The van der Waals surface area contributed by atoms with E-state index in [2.05, 4.69) is 0 Å². The van der Waals surface area contributed by atoms with E-state index in [1.807, 2.05) is 0 Å². The number of sulfone groups is 1. The van der Waals surface area contributed by atoms with Crippen molar-refractivity contribution in [2.75, 3.05) is 6.26 Å². The van der Waals surface area contributed by atoms with Crippen molar-refractivity contribution < 1.29 is 23.4 Å². The summed E-state index contributed by atoms with van der Waals surface area (Å²) in [4.78, 5) is 11.1. The summed E-state index contributed by atoms with van der Waals surface area (Å²) in [6.07, 6.45) is 1.24. The van der Waals surface area contributed by atoms with Crippen LogP contribution in [0, 0.1) is 0 Å². The number of phenolic OH excluding ortho intramolecular Hbond substituents is 1. The zero-order valence-corrected chi connectivity index (χ0v) is 11.1. The van der Waals surface area contributed by atoms with Crippen molar-refractivity contribution in [1.82, 2.24) is 0 Å². The third kappa shape index (κ3) is 3.01. The Morgan fingerprint density at radius 3 is 2.17 bits per heavy atom. The van der Waals surface area contributed by atoms with Crippen LogP contribution < -0.4 is 0 Å². The zero-order valence-electron chi connectivity index (χ0n) is 10.3. The third-order valence-electron chi connectivity index (χ3n) is 3.10. The van der Waals surface area contributed by atoms with Gasteiger partial charge in [-0.2, -0.15) is 0 Å². The van der Waals surface area contributed by atoms with Gasteiger partial charge in [-0.25, -0.2) is 8.42 Å². The lowest BCUT2D eigenvalue weighted by atomic mass is 10.0. The second-order valence-corrected chi connectivity index (χ2v) is 6.92. The van der Waals surface area contributed by atoms with Gasteiger partial charge in [0, 0.05) is 6.26 Å². The Hall–Kier alpha value is -1.56. The van der Waals surface area contributed by atoms with Gasteiger partial charge in [0.1, 0.15) is 5.75 Å². The number of aliphatic carboxylic acids is 1. The van der Waals surface area contributed by atoms with E-state index in [1.165, 1.54) is 19.1 Å². The molecule has 2 N–H and O–H groups in total. The molecule has 0 fully saturated rings. The molecule has 0 aromatic heterocycles. The Bertz CT molecular complexity index is 532. The number of carbonyl (C=O) groups is 1. The summed E-state index contributed by atoms with van der Waals surface area (Å²) in [6, 6.07) is 6.24. The monoisotopic (exact) mass is 272 g/mol. The van der Waals surface area contributed by atoms with Crippen LogP contribution in [0.5, 0.6) is 5.75 Å². The van der Waals surface area contributed by atoms with Crippen LogP contribution in [-0.4, -0.2) is 35.6 Å². The average molecular weight is 272 g/mol. The minimum Gasteiger partial charge on any atom is -0.508 e. The van der Waals surface area contributed by atoms with Crippen molar-refractivity contribution in [1.29, 1.82) is 0 Å². The second kappa shape index (κ2) is 4.97. The number of carboxylic acids is 1. The summed E-state index contributed by atoms with van der Waals surface area (Å²) in [5.41, 5.74) is 0.781. The molecule has 0 radical (unpaired) electrons. The van der Waals surface area contributed by atoms with Crippen molar-refractivity contribution in [3.63, 3.8) is 0 Å². The Morgan fingerprint density at radius 2 is 1.78 bits per heavy atom. The summed E-state index contributed by atoms with van der Waals surface area (Å²) >= 11 is 0. The predicted molar refractivity (Wildman–Crippen MR) is 67.3 cm³/mol. The number of hydrogen-bond donors (Lipinski definition) is 2. The number of aromatic hydroxyl groups is 1. The number of hydrogen-bond acceptors (Lipinski definition) is 4. The van der Waals surface area contributed by atoms with Gasteiger partial charge in [-0.3, -0.25) is 4.79 Å². The lowest BCUT2D eigenvalue weighted by Gasteiger charge is -2.22. The maximum atomic E-state index is 11.5. The highest BCUT2D eigenvalue weighted by molar-refractivity contribution is 7.92. The summed E-state index contributed by atoms with van der Waals surface area (Å²) in [5, 5.41) is 18.2.